The second-order valence-electron chi connectivity index (χ2n) is 10.9. The summed E-state index contributed by atoms with van der Waals surface area (Å²) in [4.78, 5) is 63.2. The van der Waals surface area contributed by atoms with E-state index in [1.807, 2.05) is 30.3 Å². The fourth-order valence-electron chi connectivity index (χ4n) is 5.18. The number of unbranched alkanes of at least 4 members (excludes halogenated alkanes) is 2. The SMILES string of the molecule is CCCCCOC(=O)N1CCN(C(=O)[C@H](CCC(=O)O)NC(=O)c2cc(SC3CCCC3)nc(-c3ccccc3)n2)CC1. The summed E-state index contributed by atoms with van der Waals surface area (Å²) < 4.78 is 5.33. The lowest BCUT2D eigenvalue weighted by Crippen LogP contribution is -2.56. The van der Waals surface area contributed by atoms with Gasteiger partial charge in [-0.3, -0.25) is 14.4 Å². The third-order valence-corrected chi connectivity index (χ3v) is 8.89. The summed E-state index contributed by atoms with van der Waals surface area (Å²) in [5.74, 6) is -1.60. The van der Waals surface area contributed by atoms with Crippen LogP contribution >= 0.6 is 11.8 Å². The minimum absolute atomic E-state index is 0.0695. The van der Waals surface area contributed by atoms with Gasteiger partial charge in [0.05, 0.1) is 6.61 Å². The fourth-order valence-corrected chi connectivity index (χ4v) is 6.41. The molecule has 11 nitrogen and oxygen atoms in total. The van der Waals surface area contributed by atoms with E-state index in [9.17, 15) is 24.3 Å². The van der Waals surface area contributed by atoms with Crippen molar-refractivity contribution in [3.63, 3.8) is 0 Å². The van der Waals surface area contributed by atoms with E-state index in [2.05, 4.69) is 17.2 Å². The first kappa shape index (κ1) is 32.2. The molecule has 1 atom stereocenters. The molecule has 0 unspecified atom stereocenters. The molecule has 1 aromatic heterocycles. The average Bonchev–Trinajstić information content (AvgIpc) is 3.54. The van der Waals surface area contributed by atoms with Gasteiger partial charge < -0.3 is 25.0 Å². The molecular formula is C31H41N5O6S. The summed E-state index contributed by atoms with van der Waals surface area (Å²) in [5, 5.41) is 13.2. The molecule has 2 heterocycles. The molecule has 0 spiro atoms. The van der Waals surface area contributed by atoms with Crippen LogP contribution in [0.25, 0.3) is 11.4 Å². The first-order chi connectivity index (χ1) is 20.8. The van der Waals surface area contributed by atoms with Crippen LogP contribution in [0.15, 0.2) is 41.4 Å². The smallest absolute Gasteiger partial charge is 0.409 e. The number of ether oxygens (including phenoxy) is 1. The molecule has 1 aliphatic heterocycles. The minimum atomic E-state index is -1.06. The van der Waals surface area contributed by atoms with Crippen molar-refractivity contribution < 1.29 is 29.0 Å². The topological polar surface area (TPSA) is 142 Å². The maximum absolute atomic E-state index is 13.6. The van der Waals surface area contributed by atoms with Crippen LogP contribution in [0.1, 0.15) is 75.2 Å². The maximum Gasteiger partial charge on any atom is 0.409 e. The molecule has 4 rings (SSSR count). The molecule has 232 valence electrons. The molecule has 2 aromatic rings. The van der Waals surface area contributed by atoms with E-state index in [1.54, 1.807) is 27.6 Å². The molecule has 2 aliphatic rings. The molecule has 1 saturated heterocycles. The fraction of sp³-hybridized carbons (Fsp3) is 0.548. The summed E-state index contributed by atoms with van der Waals surface area (Å²) >= 11 is 1.64. The molecule has 0 bridgehead atoms. The Morgan fingerprint density at radius 1 is 1.02 bits per heavy atom. The molecule has 2 fully saturated rings. The van der Waals surface area contributed by atoms with Crippen LogP contribution in [0.2, 0.25) is 0 Å². The van der Waals surface area contributed by atoms with Crippen molar-refractivity contribution in [1.29, 1.82) is 0 Å². The zero-order valence-electron chi connectivity index (χ0n) is 24.7. The highest BCUT2D eigenvalue weighted by Gasteiger charge is 2.31. The Hall–Kier alpha value is -3.67. The van der Waals surface area contributed by atoms with Crippen LogP contribution in [-0.2, 0) is 14.3 Å². The van der Waals surface area contributed by atoms with Crippen molar-refractivity contribution >= 4 is 35.6 Å². The van der Waals surface area contributed by atoms with Gasteiger partial charge in [0.2, 0.25) is 5.91 Å². The van der Waals surface area contributed by atoms with Crippen molar-refractivity contribution in [3.05, 3.63) is 42.1 Å². The number of carboxylic acids is 1. The molecule has 43 heavy (non-hydrogen) atoms. The number of nitrogens with zero attached hydrogens (tertiary/aromatic N) is 4. The molecule has 3 amide bonds. The van der Waals surface area contributed by atoms with Crippen LogP contribution in [0, 0.1) is 0 Å². The third kappa shape index (κ3) is 9.67. The maximum atomic E-state index is 13.6. The van der Waals surface area contributed by atoms with Crippen molar-refractivity contribution in [3.8, 4) is 11.4 Å². The van der Waals surface area contributed by atoms with E-state index in [-0.39, 0.29) is 37.5 Å². The number of benzene rings is 1. The summed E-state index contributed by atoms with van der Waals surface area (Å²) in [6.45, 7) is 3.56. The number of carboxylic acid groups (broad SMARTS) is 1. The number of rotatable bonds is 13. The number of thioether (sulfide) groups is 1. The molecule has 1 saturated carbocycles. The van der Waals surface area contributed by atoms with Crippen LogP contribution in [0.3, 0.4) is 0 Å². The Morgan fingerprint density at radius 2 is 1.72 bits per heavy atom. The number of nitrogens with one attached hydrogen (secondary N) is 1. The number of carbonyl (C=O) groups is 4. The Labute approximate surface area is 256 Å². The summed E-state index contributed by atoms with van der Waals surface area (Å²) in [5.41, 5.74) is 0.892. The quantitative estimate of drug-likeness (QED) is 0.245. The molecule has 1 aromatic carbocycles. The zero-order valence-corrected chi connectivity index (χ0v) is 25.5. The lowest BCUT2D eigenvalue weighted by atomic mass is 10.1. The van der Waals surface area contributed by atoms with Gasteiger partial charge >= 0.3 is 12.1 Å². The van der Waals surface area contributed by atoms with Gasteiger partial charge in [-0.05, 0) is 25.7 Å². The van der Waals surface area contributed by atoms with Crippen molar-refractivity contribution in [2.45, 2.75) is 81.0 Å². The third-order valence-electron chi connectivity index (χ3n) is 7.63. The summed E-state index contributed by atoms with van der Waals surface area (Å²) in [6, 6.07) is 9.99. The Balaban J connectivity index is 1.45. The first-order valence-electron chi connectivity index (χ1n) is 15.2. The van der Waals surface area contributed by atoms with E-state index in [4.69, 9.17) is 9.72 Å². The van der Waals surface area contributed by atoms with E-state index < -0.39 is 24.0 Å². The predicted octanol–water partition coefficient (Wildman–Crippen LogP) is 4.61. The standard InChI is InChI=1S/C31H41N5O6S/c1-2-3-9-20-42-31(41)36-18-16-35(17-19-36)30(40)24(14-15-27(37)38)33-29(39)25-21-26(43-23-12-7-8-13-23)34-28(32-25)22-10-5-4-6-11-22/h4-6,10-11,21,23-24H,2-3,7-9,12-20H2,1H3,(H,33,39)(H,37,38)/t24-/m0/s1. The minimum Gasteiger partial charge on any atom is -0.481 e. The largest absolute Gasteiger partial charge is 0.481 e. The van der Waals surface area contributed by atoms with E-state index in [0.717, 1.165) is 37.7 Å². The molecule has 1 aliphatic carbocycles. The number of aliphatic carboxylic acids is 1. The lowest BCUT2D eigenvalue weighted by molar-refractivity contribution is -0.138. The van der Waals surface area contributed by atoms with Gasteiger partial charge in [-0.2, -0.15) is 0 Å². The Kier molecular flexibility index (Phi) is 12.2. The predicted molar refractivity (Wildman–Crippen MR) is 163 cm³/mol. The van der Waals surface area contributed by atoms with Crippen molar-refractivity contribution in [2.75, 3.05) is 32.8 Å². The van der Waals surface area contributed by atoms with Gasteiger partial charge in [-0.15, -0.1) is 11.8 Å². The summed E-state index contributed by atoms with van der Waals surface area (Å²) in [7, 11) is 0. The van der Waals surface area contributed by atoms with E-state index >= 15 is 0 Å². The van der Waals surface area contributed by atoms with E-state index in [0.29, 0.717) is 35.8 Å². The monoisotopic (exact) mass is 611 g/mol. The number of aromatic nitrogens is 2. The lowest BCUT2D eigenvalue weighted by Gasteiger charge is -2.36. The molecule has 12 heteroatoms. The highest BCUT2D eigenvalue weighted by molar-refractivity contribution is 7.99. The van der Waals surface area contributed by atoms with Gasteiger partial charge in [0.1, 0.15) is 16.8 Å². The highest BCUT2D eigenvalue weighted by atomic mass is 32.2. The van der Waals surface area contributed by atoms with Crippen LogP contribution in [0.4, 0.5) is 4.79 Å². The molecule has 2 N–H and O–H groups in total. The number of hydrogen-bond acceptors (Lipinski definition) is 8. The number of hydrogen-bond donors (Lipinski definition) is 2. The zero-order chi connectivity index (χ0) is 30.6. The van der Waals surface area contributed by atoms with Crippen LogP contribution < -0.4 is 5.32 Å². The number of amides is 3. The highest BCUT2D eigenvalue weighted by Crippen LogP contribution is 2.34. The summed E-state index contributed by atoms with van der Waals surface area (Å²) in [6.07, 6.45) is 6.59. The van der Waals surface area contributed by atoms with Crippen LogP contribution in [-0.4, -0.2) is 92.8 Å². The van der Waals surface area contributed by atoms with Gasteiger partial charge in [-0.25, -0.2) is 14.8 Å². The number of carbonyl (C=O) groups excluding carboxylic acids is 3. The van der Waals surface area contributed by atoms with Gasteiger partial charge in [-0.1, -0.05) is 62.9 Å². The van der Waals surface area contributed by atoms with Crippen molar-refractivity contribution in [2.24, 2.45) is 0 Å². The Morgan fingerprint density at radius 3 is 2.40 bits per heavy atom. The molecule has 0 radical (unpaired) electrons. The average molecular weight is 612 g/mol. The van der Waals surface area contributed by atoms with E-state index in [1.165, 1.54) is 12.8 Å². The number of piperazine rings is 1. The first-order valence-corrected chi connectivity index (χ1v) is 16.1. The van der Waals surface area contributed by atoms with Crippen LogP contribution in [0.5, 0.6) is 0 Å². The van der Waals surface area contributed by atoms with Gasteiger partial charge in [0.25, 0.3) is 5.91 Å². The molecular weight excluding hydrogens is 570 g/mol. The van der Waals surface area contributed by atoms with Gasteiger partial charge in [0.15, 0.2) is 5.82 Å². The van der Waals surface area contributed by atoms with Crippen molar-refractivity contribution in [1.82, 2.24) is 25.1 Å². The Bertz CT molecular complexity index is 1250. The van der Waals surface area contributed by atoms with Gasteiger partial charge in [0, 0.05) is 49.5 Å². The second-order valence-corrected chi connectivity index (χ2v) is 12.2. The second kappa shape index (κ2) is 16.3. The normalized spacial score (nSPS) is 16.1.